The Morgan fingerprint density at radius 1 is 1.61 bits per heavy atom. The lowest BCUT2D eigenvalue weighted by atomic mass is 10.1. The van der Waals surface area contributed by atoms with Crippen molar-refractivity contribution in [2.75, 3.05) is 18.0 Å². The quantitative estimate of drug-likeness (QED) is 0.906. The van der Waals surface area contributed by atoms with Crippen LogP contribution in [0.25, 0.3) is 0 Å². The number of rotatable bonds is 3. The molecule has 94 valence electrons. The number of halogens is 1. The zero-order valence-electron chi connectivity index (χ0n) is 9.90. The lowest BCUT2D eigenvalue weighted by Gasteiger charge is -2.21. The molecule has 1 fully saturated rings. The molecular weight excluding hydrogens is 250 g/mol. The van der Waals surface area contributed by atoms with Crippen molar-refractivity contribution >= 4 is 23.2 Å². The predicted octanol–water partition coefficient (Wildman–Crippen LogP) is 1.91. The normalized spacial score (nSPS) is 18.7. The second-order valence-electron chi connectivity index (χ2n) is 4.52. The minimum Gasteiger partial charge on any atom is -0.370 e. The van der Waals surface area contributed by atoms with Crippen LogP contribution in [-0.2, 0) is 4.79 Å². The van der Waals surface area contributed by atoms with Gasteiger partial charge in [0.15, 0.2) is 0 Å². The number of nitriles is 1. The first-order valence-corrected chi connectivity index (χ1v) is 6.21. The molecule has 1 atom stereocenters. The number of hydrogen-bond donors (Lipinski definition) is 1. The van der Waals surface area contributed by atoms with Crippen LogP contribution < -0.4 is 10.6 Å². The highest BCUT2D eigenvalue weighted by Gasteiger charge is 2.26. The molecule has 0 spiro atoms. The summed E-state index contributed by atoms with van der Waals surface area (Å²) in [6.07, 6.45) is 1.29. The number of anilines is 1. The lowest BCUT2D eigenvalue weighted by molar-refractivity contribution is -0.118. The van der Waals surface area contributed by atoms with Crippen molar-refractivity contribution < 1.29 is 4.79 Å². The van der Waals surface area contributed by atoms with Crippen LogP contribution in [0, 0.1) is 17.2 Å². The number of para-hydroxylation sites is 1. The summed E-state index contributed by atoms with van der Waals surface area (Å²) >= 11 is 6.16. The van der Waals surface area contributed by atoms with Gasteiger partial charge in [0.25, 0.3) is 0 Å². The zero-order chi connectivity index (χ0) is 13.1. The standard InChI is InChI=1S/C13H14ClN3O/c14-11-3-1-2-10(7-15)13(11)17-5-4-9(8-17)6-12(16)18/h1-3,9H,4-6,8H2,(H2,16,18). The maximum absolute atomic E-state index is 10.9. The van der Waals surface area contributed by atoms with Crippen LogP contribution in [0.15, 0.2) is 18.2 Å². The Morgan fingerprint density at radius 3 is 3.06 bits per heavy atom. The molecule has 1 saturated heterocycles. The fourth-order valence-corrected chi connectivity index (χ4v) is 2.71. The number of amides is 1. The molecule has 0 radical (unpaired) electrons. The average molecular weight is 264 g/mol. The maximum Gasteiger partial charge on any atom is 0.217 e. The number of hydrogen-bond acceptors (Lipinski definition) is 3. The molecule has 1 unspecified atom stereocenters. The van der Waals surface area contributed by atoms with E-state index >= 15 is 0 Å². The van der Waals surface area contributed by atoms with Crippen LogP contribution in [0.2, 0.25) is 5.02 Å². The van der Waals surface area contributed by atoms with E-state index in [0.29, 0.717) is 17.0 Å². The summed E-state index contributed by atoms with van der Waals surface area (Å²) in [5.41, 5.74) is 6.55. The second-order valence-corrected chi connectivity index (χ2v) is 4.93. The molecular formula is C13H14ClN3O. The van der Waals surface area contributed by atoms with Crippen molar-refractivity contribution in [1.29, 1.82) is 5.26 Å². The molecule has 1 aromatic rings. The van der Waals surface area contributed by atoms with E-state index in [1.165, 1.54) is 0 Å². The minimum absolute atomic E-state index is 0.255. The van der Waals surface area contributed by atoms with Crippen LogP contribution >= 0.6 is 11.6 Å². The molecule has 1 amide bonds. The number of primary amides is 1. The van der Waals surface area contributed by atoms with E-state index in [1.807, 2.05) is 0 Å². The maximum atomic E-state index is 10.9. The highest BCUT2D eigenvalue weighted by Crippen LogP contribution is 2.34. The van der Waals surface area contributed by atoms with Gasteiger partial charge >= 0.3 is 0 Å². The summed E-state index contributed by atoms with van der Waals surface area (Å²) in [5.74, 6) is -0.0215. The molecule has 0 saturated carbocycles. The third-order valence-electron chi connectivity index (χ3n) is 3.20. The molecule has 1 aliphatic heterocycles. The number of benzene rings is 1. The van der Waals surface area contributed by atoms with E-state index in [-0.39, 0.29) is 11.8 Å². The largest absolute Gasteiger partial charge is 0.370 e. The topological polar surface area (TPSA) is 70.1 Å². The number of carbonyl (C=O) groups is 1. The van der Waals surface area contributed by atoms with E-state index in [2.05, 4.69) is 11.0 Å². The lowest BCUT2D eigenvalue weighted by Crippen LogP contribution is -2.23. The van der Waals surface area contributed by atoms with Crippen LogP contribution in [-0.4, -0.2) is 19.0 Å². The third kappa shape index (κ3) is 2.57. The molecule has 18 heavy (non-hydrogen) atoms. The summed E-state index contributed by atoms with van der Waals surface area (Å²) in [6.45, 7) is 1.53. The third-order valence-corrected chi connectivity index (χ3v) is 3.50. The van der Waals surface area contributed by atoms with Gasteiger partial charge in [-0.3, -0.25) is 4.79 Å². The Bertz CT molecular complexity index is 509. The first-order valence-electron chi connectivity index (χ1n) is 5.83. The van der Waals surface area contributed by atoms with Gasteiger partial charge in [0.1, 0.15) is 6.07 Å². The molecule has 0 bridgehead atoms. The molecule has 4 nitrogen and oxygen atoms in total. The predicted molar refractivity (Wildman–Crippen MR) is 70.3 cm³/mol. The fraction of sp³-hybridized carbons (Fsp3) is 0.385. The van der Waals surface area contributed by atoms with E-state index in [9.17, 15) is 4.79 Å². The first-order chi connectivity index (χ1) is 8.61. The number of carbonyl (C=O) groups excluding carboxylic acids is 1. The van der Waals surface area contributed by atoms with Crippen LogP contribution in [0.3, 0.4) is 0 Å². The molecule has 0 aromatic heterocycles. The van der Waals surface area contributed by atoms with Gasteiger partial charge < -0.3 is 10.6 Å². The molecule has 2 N–H and O–H groups in total. The Morgan fingerprint density at radius 2 is 2.39 bits per heavy atom. The summed E-state index contributed by atoms with van der Waals surface area (Å²) in [6, 6.07) is 7.45. The SMILES string of the molecule is N#Cc1cccc(Cl)c1N1CCC(CC(N)=O)C1. The van der Waals surface area contributed by atoms with Gasteiger partial charge in [-0.05, 0) is 24.5 Å². The van der Waals surface area contributed by atoms with E-state index < -0.39 is 0 Å². The van der Waals surface area contributed by atoms with Gasteiger partial charge in [-0.1, -0.05) is 17.7 Å². The fourth-order valence-electron chi connectivity index (χ4n) is 2.41. The van der Waals surface area contributed by atoms with Crippen molar-refractivity contribution in [3.05, 3.63) is 28.8 Å². The van der Waals surface area contributed by atoms with Gasteiger partial charge in [0, 0.05) is 19.5 Å². The molecule has 1 aromatic carbocycles. The van der Waals surface area contributed by atoms with Crippen molar-refractivity contribution in [2.45, 2.75) is 12.8 Å². The number of nitrogens with two attached hydrogens (primary N) is 1. The summed E-state index contributed by atoms with van der Waals surface area (Å²) in [7, 11) is 0. The van der Waals surface area contributed by atoms with Crippen molar-refractivity contribution in [2.24, 2.45) is 11.7 Å². The summed E-state index contributed by atoms with van der Waals surface area (Å²) in [5, 5.41) is 9.68. The van der Waals surface area contributed by atoms with Crippen molar-refractivity contribution in [3.63, 3.8) is 0 Å². The van der Waals surface area contributed by atoms with Gasteiger partial charge in [-0.25, -0.2) is 0 Å². The van der Waals surface area contributed by atoms with Gasteiger partial charge in [-0.2, -0.15) is 5.26 Å². The molecule has 5 heteroatoms. The molecule has 1 heterocycles. The van der Waals surface area contributed by atoms with Gasteiger partial charge in [0.2, 0.25) is 5.91 Å². The van der Waals surface area contributed by atoms with E-state index in [0.717, 1.165) is 25.2 Å². The smallest absolute Gasteiger partial charge is 0.217 e. The first kappa shape index (κ1) is 12.7. The highest BCUT2D eigenvalue weighted by atomic mass is 35.5. The van der Waals surface area contributed by atoms with Crippen LogP contribution in [0.1, 0.15) is 18.4 Å². The van der Waals surface area contributed by atoms with Gasteiger partial charge in [-0.15, -0.1) is 0 Å². The summed E-state index contributed by atoms with van der Waals surface area (Å²) < 4.78 is 0. The zero-order valence-corrected chi connectivity index (χ0v) is 10.7. The number of nitrogens with zero attached hydrogens (tertiary/aromatic N) is 2. The van der Waals surface area contributed by atoms with Crippen LogP contribution in [0.4, 0.5) is 5.69 Å². The molecule has 0 aliphatic carbocycles. The monoisotopic (exact) mass is 263 g/mol. The second kappa shape index (κ2) is 5.28. The highest BCUT2D eigenvalue weighted by molar-refractivity contribution is 6.33. The van der Waals surface area contributed by atoms with E-state index in [1.54, 1.807) is 18.2 Å². The van der Waals surface area contributed by atoms with Crippen molar-refractivity contribution in [1.82, 2.24) is 0 Å². The Labute approximate surface area is 111 Å². The Kier molecular flexibility index (Phi) is 3.73. The average Bonchev–Trinajstić information content (AvgIpc) is 2.75. The van der Waals surface area contributed by atoms with Crippen LogP contribution in [0.5, 0.6) is 0 Å². The van der Waals surface area contributed by atoms with E-state index in [4.69, 9.17) is 22.6 Å². The summed E-state index contributed by atoms with van der Waals surface area (Å²) in [4.78, 5) is 13.0. The minimum atomic E-state index is -0.276. The Hall–Kier alpha value is -1.73. The molecule has 1 aliphatic rings. The Balaban J connectivity index is 2.19. The van der Waals surface area contributed by atoms with Gasteiger partial charge in [0.05, 0.1) is 16.3 Å². The molecule has 2 rings (SSSR count). The van der Waals surface area contributed by atoms with Crippen molar-refractivity contribution in [3.8, 4) is 6.07 Å².